The van der Waals surface area contributed by atoms with E-state index in [2.05, 4.69) is 18.3 Å². The number of rotatable bonds is 2. The molecule has 1 heterocycles. The zero-order chi connectivity index (χ0) is 10.8. The molecule has 0 bridgehead atoms. The van der Waals surface area contributed by atoms with E-state index in [0.717, 1.165) is 17.9 Å². The second-order valence-corrected chi connectivity index (χ2v) is 3.92. The molecule has 1 saturated heterocycles. The van der Waals surface area contributed by atoms with Crippen molar-refractivity contribution in [1.82, 2.24) is 5.32 Å². The molecular weight excluding hydrogens is 190 g/mol. The Balaban J connectivity index is 2.29. The van der Waals surface area contributed by atoms with Gasteiger partial charge in [-0.2, -0.15) is 0 Å². The van der Waals surface area contributed by atoms with E-state index in [1.165, 1.54) is 5.56 Å². The standard InChI is InChI=1S/C12H17NO2/c1-8-4-5-11(14-3)10(6-8)12-7-13-9(2)15-12/h4-6,9,12-13H,7H2,1-3H3. The van der Waals surface area contributed by atoms with E-state index < -0.39 is 0 Å². The van der Waals surface area contributed by atoms with E-state index in [0.29, 0.717) is 0 Å². The van der Waals surface area contributed by atoms with Gasteiger partial charge in [0.05, 0.1) is 7.11 Å². The molecule has 0 aliphatic carbocycles. The summed E-state index contributed by atoms with van der Waals surface area (Å²) in [6.45, 7) is 4.94. The molecule has 15 heavy (non-hydrogen) atoms. The summed E-state index contributed by atoms with van der Waals surface area (Å²) in [6, 6.07) is 6.17. The number of ether oxygens (including phenoxy) is 2. The predicted molar refractivity (Wildman–Crippen MR) is 59.0 cm³/mol. The van der Waals surface area contributed by atoms with Gasteiger partial charge in [0.1, 0.15) is 18.1 Å². The first kappa shape index (κ1) is 10.5. The predicted octanol–water partition coefficient (Wildman–Crippen LogP) is 2.01. The lowest BCUT2D eigenvalue weighted by Gasteiger charge is -2.14. The highest BCUT2D eigenvalue weighted by Crippen LogP contribution is 2.31. The summed E-state index contributed by atoms with van der Waals surface area (Å²) in [6.07, 6.45) is 0.232. The van der Waals surface area contributed by atoms with E-state index in [1.54, 1.807) is 7.11 Å². The largest absolute Gasteiger partial charge is 0.496 e. The Kier molecular flexibility index (Phi) is 2.93. The van der Waals surface area contributed by atoms with E-state index >= 15 is 0 Å². The molecule has 2 rings (SSSR count). The fourth-order valence-electron chi connectivity index (χ4n) is 1.90. The van der Waals surface area contributed by atoms with Crippen molar-refractivity contribution in [3.63, 3.8) is 0 Å². The second kappa shape index (κ2) is 4.21. The maximum atomic E-state index is 5.75. The number of methoxy groups -OCH3 is 1. The van der Waals surface area contributed by atoms with Crippen LogP contribution in [-0.2, 0) is 4.74 Å². The molecule has 1 aliphatic heterocycles. The number of hydrogen-bond acceptors (Lipinski definition) is 3. The number of nitrogens with one attached hydrogen (secondary N) is 1. The smallest absolute Gasteiger partial charge is 0.124 e. The van der Waals surface area contributed by atoms with Crippen LogP contribution in [0.5, 0.6) is 5.75 Å². The van der Waals surface area contributed by atoms with Gasteiger partial charge in [0.2, 0.25) is 0 Å². The molecule has 1 N–H and O–H groups in total. The number of benzene rings is 1. The summed E-state index contributed by atoms with van der Waals surface area (Å²) in [5, 5.41) is 3.26. The van der Waals surface area contributed by atoms with Crippen LogP contribution in [0.4, 0.5) is 0 Å². The van der Waals surface area contributed by atoms with Crippen LogP contribution in [-0.4, -0.2) is 19.9 Å². The quantitative estimate of drug-likeness (QED) is 0.804. The number of hydrogen-bond donors (Lipinski definition) is 1. The first-order chi connectivity index (χ1) is 7.20. The molecule has 0 amide bonds. The highest BCUT2D eigenvalue weighted by Gasteiger charge is 2.25. The molecule has 0 aromatic heterocycles. The topological polar surface area (TPSA) is 30.5 Å². The molecule has 3 nitrogen and oxygen atoms in total. The molecule has 1 aromatic carbocycles. The maximum absolute atomic E-state index is 5.75. The summed E-state index contributed by atoms with van der Waals surface area (Å²) in [4.78, 5) is 0. The van der Waals surface area contributed by atoms with Gasteiger partial charge in [0, 0.05) is 12.1 Å². The zero-order valence-electron chi connectivity index (χ0n) is 9.41. The average molecular weight is 207 g/mol. The Morgan fingerprint density at radius 2 is 2.27 bits per heavy atom. The summed E-state index contributed by atoms with van der Waals surface area (Å²) in [5.74, 6) is 0.904. The Hall–Kier alpha value is -1.06. The van der Waals surface area contributed by atoms with Crippen LogP contribution in [0, 0.1) is 6.92 Å². The third-order valence-electron chi connectivity index (χ3n) is 2.69. The molecule has 3 heteroatoms. The fraction of sp³-hybridized carbons (Fsp3) is 0.500. The molecular formula is C12H17NO2. The maximum Gasteiger partial charge on any atom is 0.124 e. The minimum Gasteiger partial charge on any atom is -0.496 e. The summed E-state index contributed by atoms with van der Waals surface area (Å²) in [5.41, 5.74) is 2.36. The average Bonchev–Trinajstić information content (AvgIpc) is 2.65. The van der Waals surface area contributed by atoms with E-state index in [9.17, 15) is 0 Å². The van der Waals surface area contributed by atoms with Crippen molar-refractivity contribution in [2.75, 3.05) is 13.7 Å². The van der Waals surface area contributed by atoms with Gasteiger partial charge in [-0.15, -0.1) is 0 Å². The van der Waals surface area contributed by atoms with Crippen molar-refractivity contribution in [1.29, 1.82) is 0 Å². The van der Waals surface area contributed by atoms with Crippen LogP contribution in [0.1, 0.15) is 24.2 Å². The highest BCUT2D eigenvalue weighted by molar-refractivity contribution is 5.39. The van der Waals surface area contributed by atoms with Crippen LogP contribution in [0.15, 0.2) is 18.2 Å². The van der Waals surface area contributed by atoms with Crippen molar-refractivity contribution >= 4 is 0 Å². The molecule has 82 valence electrons. The van der Waals surface area contributed by atoms with Crippen LogP contribution in [0.2, 0.25) is 0 Å². The van der Waals surface area contributed by atoms with Crippen molar-refractivity contribution in [2.45, 2.75) is 26.2 Å². The highest BCUT2D eigenvalue weighted by atomic mass is 16.5. The van der Waals surface area contributed by atoms with Crippen LogP contribution >= 0.6 is 0 Å². The third-order valence-corrected chi connectivity index (χ3v) is 2.69. The lowest BCUT2D eigenvalue weighted by atomic mass is 10.1. The van der Waals surface area contributed by atoms with Gasteiger partial charge in [-0.1, -0.05) is 11.6 Å². The molecule has 0 radical (unpaired) electrons. The van der Waals surface area contributed by atoms with Gasteiger partial charge in [-0.3, -0.25) is 5.32 Å². The van der Waals surface area contributed by atoms with Crippen molar-refractivity contribution in [3.8, 4) is 5.75 Å². The minimum atomic E-state index is 0.106. The SMILES string of the molecule is COc1ccc(C)cc1C1CNC(C)O1. The van der Waals surface area contributed by atoms with Gasteiger partial charge in [0.15, 0.2) is 0 Å². The van der Waals surface area contributed by atoms with Crippen LogP contribution in [0.3, 0.4) is 0 Å². The van der Waals surface area contributed by atoms with Gasteiger partial charge in [-0.05, 0) is 26.0 Å². The van der Waals surface area contributed by atoms with Crippen molar-refractivity contribution < 1.29 is 9.47 Å². The summed E-state index contributed by atoms with van der Waals surface area (Å²) in [7, 11) is 1.69. The lowest BCUT2D eigenvalue weighted by molar-refractivity contribution is 0.0516. The molecule has 1 aliphatic rings. The molecule has 2 unspecified atom stereocenters. The van der Waals surface area contributed by atoms with Gasteiger partial charge in [-0.25, -0.2) is 0 Å². The third kappa shape index (κ3) is 2.13. The summed E-state index contributed by atoms with van der Waals surface area (Å²) >= 11 is 0. The fourth-order valence-corrected chi connectivity index (χ4v) is 1.90. The Morgan fingerprint density at radius 3 is 2.87 bits per heavy atom. The summed E-state index contributed by atoms with van der Waals surface area (Å²) < 4.78 is 11.1. The van der Waals surface area contributed by atoms with E-state index in [-0.39, 0.29) is 12.3 Å². The normalized spacial score (nSPS) is 25.5. The van der Waals surface area contributed by atoms with Crippen molar-refractivity contribution in [2.24, 2.45) is 0 Å². The first-order valence-corrected chi connectivity index (χ1v) is 5.24. The molecule has 1 aromatic rings. The Labute approximate surface area is 90.4 Å². The molecule has 0 saturated carbocycles. The Bertz CT molecular complexity index is 351. The number of aryl methyl sites for hydroxylation is 1. The Morgan fingerprint density at radius 1 is 1.47 bits per heavy atom. The monoisotopic (exact) mass is 207 g/mol. The molecule has 2 atom stereocenters. The van der Waals surface area contributed by atoms with Crippen LogP contribution < -0.4 is 10.1 Å². The lowest BCUT2D eigenvalue weighted by Crippen LogP contribution is -2.17. The molecule has 0 spiro atoms. The minimum absolute atomic E-state index is 0.106. The van der Waals surface area contributed by atoms with E-state index in [4.69, 9.17) is 9.47 Å². The van der Waals surface area contributed by atoms with Crippen LogP contribution in [0.25, 0.3) is 0 Å². The second-order valence-electron chi connectivity index (χ2n) is 3.92. The van der Waals surface area contributed by atoms with Gasteiger partial charge >= 0.3 is 0 Å². The van der Waals surface area contributed by atoms with E-state index in [1.807, 2.05) is 19.1 Å². The zero-order valence-corrected chi connectivity index (χ0v) is 9.41. The van der Waals surface area contributed by atoms with Gasteiger partial charge < -0.3 is 9.47 Å². The van der Waals surface area contributed by atoms with Crippen molar-refractivity contribution in [3.05, 3.63) is 29.3 Å². The molecule has 1 fully saturated rings. The first-order valence-electron chi connectivity index (χ1n) is 5.24. The van der Waals surface area contributed by atoms with Gasteiger partial charge in [0.25, 0.3) is 0 Å².